The van der Waals surface area contributed by atoms with Crippen LogP contribution in [-0.4, -0.2) is 32.3 Å². The minimum atomic E-state index is -0.522. The smallest absolute Gasteiger partial charge is 0.241 e. The summed E-state index contributed by atoms with van der Waals surface area (Å²) in [6.45, 7) is 3.12. The van der Waals surface area contributed by atoms with Gasteiger partial charge in [-0.2, -0.15) is 0 Å². The van der Waals surface area contributed by atoms with Crippen LogP contribution >= 0.6 is 0 Å². The molecule has 0 saturated heterocycles. The first kappa shape index (κ1) is 15.5. The summed E-state index contributed by atoms with van der Waals surface area (Å²) in [4.78, 5) is 11.9. The molecule has 5 heteroatoms. The number of ether oxygens (including phenoxy) is 2. The fourth-order valence-corrected chi connectivity index (χ4v) is 1.64. The van der Waals surface area contributed by atoms with E-state index in [-0.39, 0.29) is 5.91 Å². The van der Waals surface area contributed by atoms with Gasteiger partial charge in [-0.15, -0.1) is 0 Å². The molecular weight excluding hydrogens is 244 g/mol. The standard InChI is InChI=1S/C14H22N2O3/c1-3-19-12-7-4-6-11(10-12)16-14(17)13(15)8-5-9-18-2/h4,6-7,10,13H,3,5,8-9,15H2,1-2H3,(H,16,17). The summed E-state index contributed by atoms with van der Waals surface area (Å²) in [6.07, 6.45) is 1.37. The van der Waals surface area contributed by atoms with E-state index in [1.54, 1.807) is 13.2 Å². The second-order valence-corrected chi connectivity index (χ2v) is 4.19. The topological polar surface area (TPSA) is 73.6 Å². The second kappa shape index (κ2) is 8.50. The Hall–Kier alpha value is -1.59. The van der Waals surface area contributed by atoms with Gasteiger partial charge in [0.2, 0.25) is 5.91 Å². The summed E-state index contributed by atoms with van der Waals surface area (Å²) in [5.41, 5.74) is 6.50. The van der Waals surface area contributed by atoms with E-state index in [1.165, 1.54) is 0 Å². The zero-order valence-electron chi connectivity index (χ0n) is 11.5. The molecule has 0 fully saturated rings. The van der Waals surface area contributed by atoms with Gasteiger partial charge in [0.25, 0.3) is 0 Å². The highest BCUT2D eigenvalue weighted by Crippen LogP contribution is 2.17. The molecule has 106 valence electrons. The van der Waals surface area contributed by atoms with Crippen molar-refractivity contribution in [3.8, 4) is 5.75 Å². The maximum Gasteiger partial charge on any atom is 0.241 e. The molecular formula is C14H22N2O3. The molecule has 0 heterocycles. The van der Waals surface area contributed by atoms with Gasteiger partial charge in [0.15, 0.2) is 0 Å². The first-order chi connectivity index (χ1) is 9.17. The van der Waals surface area contributed by atoms with E-state index in [4.69, 9.17) is 15.2 Å². The molecule has 0 aromatic heterocycles. The van der Waals surface area contributed by atoms with Gasteiger partial charge in [-0.25, -0.2) is 0 Å². The maximum atomic E-state index is 11.9. The number of carbonyl (C=O) groups is 1. The van der Waals surface area contributed by atoms with Crippen LogP contribution in [-0.2, 0) is 9.53 Å². The van der Waals surface area contributed by atoms with Crippen molar-refractivity contribution in [3.63, 3.8) is 0 Å². The summed E-state index contributed by atoms with van der Waals surface area (Å²) in [6, 6.07) is 6.74. The van der Waals surface area contributed by atoms with Gasteiger partial charge in [0.1, 0.15) is 5.75 Å². The fraction of sp³-hybridized carbons (Fsp3) is 0.500. The van der Waals surface area contributed by atoms with E-state index >= 15 is 0 Å². The quantitative estimate of drug-likeness (QED) is 0.703. The molecule has 1 unspecified atom stereocenters. The predicted octanol–water partition coefficient (Wildman–Crippen LogP) is 1.78. The SMILES string of the molecule is CCOc1cccc(NC(=O)C(N)CCCOC)c1. The Morgan fingerprint density at radius 1 is 1.47 bits per heavy atom. The number of nitrogens with one attached hydrogen (secondary N) is 1. The van der Waals surface area contributed by atoms with Gasteiger partial charge in [0.05, 0.1) is 12.6 Å². The van der Waals surface area contributed by atoms with Crippen molar-refractivity contribution in [1.82, 2.24) is 0 Å². The molecule has 1 amide bonds. The normalized spacial score (nSPS) is 11.9. The Bertz CT molecular complexity index is 396. The summed E-state index contributed by atoms with van der Waals surface area (Å²) >= 11 is 0. The van der Waals surface area contributed by atoms with Crippen molar-refractivity contribution >= 4 is 11.6 Å². The van der Waals surface area contributed by atoms with Crippen LogP contribution in [0.2, 0.25) is 0 Å². The molecule has 0 aliphatic heterocycles. The van der Waals surface area contributed by atoms with Crippen LogP contribution in [0.3, 0.4) is 0 Å². The Labute approximate surface area is 114 Å². The van der Waals surface area contributed by atoms with Crippen molar-refractivity contribution in [2.24, 2.45) is 5.73 Å². The number of carbonyl (C=O) groups excluding carboxylic acids is 1. The van der Waals surface area contributed by atoms with E-state index in [2.05, 4.69) is 5.32 Å². The minimum Gasteiger partial charge on any atom is -0.494 e. The van der Waals surface area contributed by atoms with Crippen molar-refractivity contribution < 1.29 is 14.3 Å². The lowest BCUT2D eigenvalue weighted by Crippen LogP contribution is -2.35. The summed E-state index contributed by atoms with van der Waals surface area (Å²) in [5, 5.41) is 2.78. The van der Waals surface area contributed by atoms with E-state index in [0.717, 1.165) is 12.2 Å². The molecule has 0 spiro atoms. The Morgan fingerprint density at radius 2 is 2.26 bits per heavy atom. The third-order valence-corrected chi connectivity index (χ3v) is 2.61. The molecule has 0 aliphatic carbocycles. The first-order valence-electron chi connectivity index (χ1n) is 6.45. The van der Waals surface area contributed by atoms with Gasteiger partial charge in [0, 0.05) is 25.5 Å². The lowest BCUT2D eigenvalue weighted by atomic mass is 10.1. The molecule has 0 bridgehead atoms. The fourth-order valence-electron chi connectivity index (χ4n) is 1.64. The Balaban J connectivity index is 2.48. The minimum absolute atomic E-state index is 0.190. The Morgan fingerprint density at radius 3 is 2.95 bits per heavy atom. The van der Waals surface area contributed by atoms with Gasteiger partial charge in [-0.1, -0.05) is 6.07 Å². The number of anilines is 1. The third kappa shape index (κ3) is 5.72. The molecule has 1 atom stereocenters. The van der Waals surface area contributed by atoms with Crippen LogP contribution in [0.4, 0.5) is 5.69 Å². The van der Waals surface area contributed by atoms with Crippen LogP contribution in [0.5, 0.6) is 5.75 Å². The van der Waals surface area contributed by atoms with Gasteiger partial charge >= 0.3 is 0 Å². The lowest BCUT2D eigenvalue weighted by Gasteiger charge is -2.12. The predicted molar refractivity (Wildman–Crippen MR) is 75.3 cm³/mol. The van der Waals surface area contributed by atoms with Crippen molar-refractivity contribution in [3.05, 3.63) is 24.3 Å². The number of hydrogen-bond donors (Lipinski definition) is 2. The van der Waals surface area contributed by atoms with Crippen LogP contribution in [0, 0.1) is 0 Å². The summed E-state index contributed by atoms with van der Waals surface area (Å²) in [5.74, 6) is 0.540. The molecule has 1 rings (SSSR count). The molecule has 5 nitrogen and oxygen atoms in total. The maximum absolute atomic E-state index is 11.9. The zero-order valence-corrected chi connectivity index (χ0v) is 11.5. The van der Waals surface area contributed by atoms with Crippen LogP contribution < -0.4 is 15.8 Å². The average molecular weight is 266 g/mol. The number of nitrogens with two attached hydrogens (primary N) is 1. The highest BCUT2D eigenvalue weighted by Gasteiger charge is 2.13. The third-order valence-electron chi connectivity index (χ3n) is 2.61. The van der Waals surface area contributed by atoms with Crippen molar-refractivity contribution in [1.29, 1.82) is 0 Å². The second-order valence-electron chi connectivity index (χ2n) is 4.19. The first-order valence-corrected chi connectivity index (χ1v) is 6.45. The molecule has 0 radical (unpaired) electrons. The van der Waals surface area contributed by atoms with E-state index in [0.29, 0.717) is 25.3 Å². The zero-order chi connectivity index (χ0) is 14.1. The number of rotatable bonds is 8. The van der Waals surface area contributed by atoms with Gasteiger partial charge < -0.3 is 20.5 Å². The molecule has 3 N–H and O–H groups in total. The Kier molecular flexibility index (Phi) is 6.92. The molecule has 0 aliphatic rings. The number of hydrogen-bond acceptors (Lipinski definition) is 4. The number of benzene rings is 1. The van der Waals surface area contributed by atoms with E-state index < -0.39 is 6.04 Å². The van der Waals surface area contributed by atoms with Crippen LogP contribution in [0.15, 0.2) is 24.3 Å². The molecule has 1 aromatic carbocycles. The lowest BCUT2D eigenvalue weighted by molar-refractivity contribution is -0.117. The largest absolute Gasteiger partial charge is 0.494 e. The van der Waals surface area contributed by atoms with Crippen LogP contribution in [0.25, 0.3) is 0 Å². The molecule has 0 saturated carbocycles. The molecule has 1 aromatic rings. The van der Waals surface area contributed by atoms with Gasteiger partial charge in [-0.3, -0.25) is 4.79 Å². The monoisotopic (exact) mass is 266 g/mol. The number of methoxy groups -OCH3 is 1. The summed E-state index contributed by atoms with van der Waals surface area (Å²) in [7, 11) is 1.63. The van der Waals surface area contributed by atoms with Crippen molar-refractivity contribution in [2.75, 3.05) is 25.6 Å². The number of amides is 1. The highest BCUT2D eigenvalue weighted by molar-refractivity contribution is 5.94. The van der Waals surface area contributed by atoms with Crippen LogP contribution in [0.1, 0.15) is 19.8 Å². The molecule has 19 heavy (non-hydrogen) atoms. The van der Waals surface area contributed by atoms with Crippen molar-refractivity contribution in [2.45, 2.75) is 25.8 Å². The summed E-state index contributed by atoms with van der Waals surface area (Å²) < 4.78 is 10.3. The van der Waals surface area contributed by atoms with Gasteiger partial charge in [-0.05, 0) is 31.9 Å². The van der Waals surface area contributed by atoms with E-state index in [9.17, 15) is 4.79 Å². The average Bonchev–Trinajstić information content (AvgIpc) is 2.39. The highest BCUT2D eigenvalue weighted by atomic mass is 16.5. The van der Waals surface area contributed by atoms with E-state index in [1.807, 2.05) is 25.1 Å².